The monoisotopic (exact) mass is 372 g/mol. The van der Waals surface area contributed by atoms with E-state index in [0.29, 0.717) is 6.54 Å². The molecule has 2 fully saturated rings. The molecule has 1 aliphatic carbocycles. The molecule has 0 aromatic heterocycles. The normalized spacial score (nSPS) is 21.4. The molecule has 3 rings (SSSR count). The fraction of sp³-hybridized carbons (Fsp3) is 0.571. The molecule has 27 heavy (non-hydrogen) atoms. The second-order valence-corrected chi connectivity index (χ2v) is 7.69. The number of ether oxygens (including phenoxy) is 1. The van der Waals surface area contributed by atoms with Crippen molar-refractivity contribution in [1.29, 1.82) is 0 Å². The first-order valence-electron chi connectivity index (χ1n) is 9.74. The number of anilines is 1. The van der Waals surface area contributed by atoms with Gasteiger partial charge in [0.1, 0.15) is 0 Å². The summed E-state index contributed by atoms with van der Waals surface area (Å²) >= 11 is 0. The average molecular weight is 372 g/mol. The zero-order valence-electron chi connectivity index (χ0n) is 16.3. The zero-order valence-corrected chi connectivity index (χ0v) is 16.3. The summed E-state index contributed by atoms with van der Waals surface area (Å²) in [6, 6.07) is 5.99. The number of nitrogens with zero attached hydrogens (tertiary/aromatic N) is 1. The predicted octanol–water partition coefficient (Wildman–Crippen LogP) is 2.65. The van der Waals surface area contributed by atoms with Crippen molar-refractivity contribution in [1.82, 2.24) is 5.32 Å². The Labute approximate surface area is 160 Å². The Morgan fingerprint density at radius 1 is 1.22 bits per heavy atom. The van der Waals surface area contributed by atoms with Crippen molar-refractivity contribution in [3.8, 4) is 0 Å². The second-order valence-electron chi connectivity index (χ2n) is 7.69. The lowest BCUT2D eigenvalue weighted by atomic mass is 10.1. The molecule has 1 aliphatic heterocycles. The first-order valence-corrected chi connectivity index (χ1v) is 9.74. The minimum absolute atomic E-state index is 0.0892. The molecular formula is C21H28N2O4. The smallest absolute Gasteiger partial charge is 0.312 e. The molecule has 2 amide bonds. The molecule has 1 N–H and O–H groups in total. The highest BCUT2D eigenvalue weighted by atomic mass is 16.5. The van der Waals surface area contributed by atoms with E-state index in [4.69, 9.17) is 4.74 Å². The number of benzene rings is 1. The fourth-order valence-electron chi connectivity index (χ4n) is 3.84. The number of aryl methyl sites for hydroxylation is 1. The molecule has 1 heterocycles. The number of carbonyl (C=O) groups is 3. The standard InChI is InChI=1S/C21H28N2O4/c1-13-7-6-10-18(14(13)2)23-12-16(11-19(23)24)21(26)27-15(3)20(25)22-17-8-4-5-9-17/h6-7,10,15-17H,4-5,8-9,11-12H2,1-3H3,(H,22,25)/t15-,16-/m0/s1. The number of rotatable bonds is 5. The van der Waals surface area contributed by atoms with Gasteiger partial charge in [-0.2, -0.15) is 0 Å². The number of esters is 1. The molecule has 1 aromatic rings. The first kappa shape index (κ1) is 19.4. The van der Waals surface area contributed by atoms with Crippen LogP contribution < -0.4 is 10.2 Å². The van der Waals surface area contributed by atoms with Crippen molar-refractivity contribution in [2.45, 2.75) is 65.0 Å². The molecule has 2 aliphatic rings. The number of hydrogen-bond donors (Lipinski definition) is 1. The topological polar surface area (TPSA) is 75.7 Å². The van der Waals surface area contributed by atoms with Crippen LogP contribution >= 0.6 is 0 Å². The minimum Gasteiger partial charge on any atom is -0.452 e. The van der Waals surface area contributed by atoms with Gasteiger partial charge in [0, 0.05) is 24.7 Å². The third-order valence-corrected chi connectivity index (χ3v) is 5.69. The third kappa shape index (κ3) is 4.31. The van der Waals surface area contributed by atoms with Crippen LogP contribution in [0.25, 0.3) is 0 Å². The summed E-state index contributed by atoms with van der Waals surface area (Å²) in [7, 11) is 0. The van der Waals surface area contributed by atoms with Gasteiger partial charge in [-0.25, -0.2) is 0 Å². The fourth-order valence-corrected chi connectivity index (χ4v) is 3.84. The van der Waals surface area contributed by atoms with Crippen molar-refractivity contribution < 1.29 is 19.1 Å². The summed E-state index contributed by atoms with van der Waals surface area (Å²) in [6.07, 6.45) is 3.48. The van der Waals surface area contributed by atoms with Gasteiger partial charge in [0.05, 0.1) is 5.92 Å². The molecule has 1 aromatic carbocycles. The van der Waals surface area contributed by atoms with Crippen molar-refractivity contribution >= 4 is 23.5 Å². The summed E-state index contributed by atoms with van der Waals surface area (Å²) < 4.78 is 5.36. The molecule has 0 unspecified atom stereocenters. The molecule has 0 spiro atoms. The lowest BCUT2D eigenvalue weighted by Gasteiger charge is -2.21. The van der Waals surface area contributed by atoms with E-state index in [2.05, 4.69) is 5.32 Å². The highest BCUT2D eigenvalue weighted by Gasteiger charge is 2.38. The third-order valence-electron chi connectivity index (χ3n) is 5.69. The van der Waals surface area contributed by atoms with Crippen molar-refractivity contribution in [3.63, 3.8) is 0 Å². The molecule has 0 radical (unpaired) electrons. The van der Waals surface area contributed by atoms with Crippen LogP contribution in [-0.2, 0) is 19.1 Å². The van der Waals surface area contributed by atoms with Crippen LogP contribution in [0.5, 0.6) is 0 Å². The van der Waals surface area contributed by atoms with Gasteiger partial charge in [0.25, 0.3) is 5.91 Å². The summed E-state index contributed by atoms with van der Waals surface area (Å²) in [5.74, 6) is -1.37. The number of carbonyl (C=O) groups excluding carboxylic acids is 3. The lowest BCUT2D eigenvalue weighted by molar-refractivity contribution is -0.158. The van der Waals surface area contributed by atoms with E-state index in [9.17, 15) is 14.4 Å². The van der Waals surface area contributed by atoms with E-state index in [-0.39, 0.29) is 24.3 Å². The summed E-state index contributed by atoms with van der Waals surface area (Å²) in [6.45, 7) is 5.84. The summed E-state index contributed by atoms with van der Waals surface area (Å²) in [5.41, 5.74) is 2.97. The van der Waals surface area contributed by atoms with Gasteiger partial charge in [0.2, 0.25) is 5.91 Å². The molecule has 0 bridgehead atoms. The maximum absolute atomic E-state index is 12.5. The highest BCUT2D eigenvalue weighted by molar-refractivity contribution is 6.00. The van der Waals surface area contributed by atoms with Crippen LogP contribution in [0.3, 0.4) is 0 Å². The van der Waals surface area contributed by atoms with Gasteiger partial charge in [-0.15, -0.1) is 0 Å². The quantitative estimate of drug-likeness (QED) is 0.806. The van der Waals surface area contributed by atoms with Crippen molar-refractivity contribution in [2.24, 2.45) is 5.92 Å². The van der Waals surface area contributed by atoms with E-state index >= 15 is 0 Å². The molecule has 6 heteroatoms. The Morgan fingerprint density at radius 2 is 1.93 bits per heavy atom. The van der Waals surface area contributed by atoms with Gasteiger partial charge in [-0.1, -0.05) is 25.0 Å². The Balaban J connectivity index is 1.58. The number of nitrogens with one attached hydrogen (secondary N) is 1. The van der Waals surface area contributed by atoms with E-state index in [1.165, 1.54) is 0 Å². The van der Waals surface area contributed by atoms with Gasteiger partial charge >= 0.3 is 5.97 Å². The van der Waals surface area contributed by atoms with Crippen LogP contribution in [0.15, 0.2) is 18.2 Å². The van der Waals surface area contributed by atoms with Crippen molar-refractivity contribution in [2.75, 3.05) is 11.4 Å². The SMILES string of the molecule is Cc1cccc(N2C[C@@H](C(=O)O[C@@H](C)C(=O)NC3CCCC3)CC2=O)c1C. The molecule has 1 saturated carbocycles. The molecule has 2 atom stereocenters. The predicted molar refractivity (Wildman–Crippen MR) is 102 cm³/mol. The molecule has 146 valence electrons. The Hall–Kier alpha value is -2.37. The number of amides is 2. The lowest BCUT2D eigenvalue weighted by Crippen LogP contribution is -2.41. The largest absolute Gasteiger partial charge is 0.452 e. The van der Waals surface area contributed by atoms with Crippen LogP contribution in [0.4, 0.5) is 5.69 Å². The van der Waals surface area contributed by atoms with Crippen LogP contribution in [0.1, 0.15) is 50.2 Å². The Bertz CT molecular complexity index is 740. The first-order chi connectivity index (χ1) is 12.9. The highest BCUT2D eigenvalue weighted by Crippen LogP contribution is 2.30. The Morgan fingerprint density at radius 3 is 2.63 bits per heavy atom. The average Bonchev–Trinajstić information content (AvgIpc) is 3.27. The Kier molecular flexibility index (Phi) is 5.82. The molecule has 1 saturated heterocycles. The summed E-state index contributed by atoms with van der Waals surface area (Å²) in [4.78, 5) is 38.8. The molecule has 6 nitrogen and oxygen atoms in total. The van der Waals surface area contributed by atoms with E-state index in [0.717, 1.165) is 42.5 Å². The van der Waals surface area contributed by atoms with Gasteiger partial charge in [-0.05, 0) is 50.8 Å². The van der Waals surface area contributed by atoms with Gasteiger partial charge < -0.3 is 15.0 Å². The van der Waals surface area contributed by atoms with Crippen LogP contribution in [0, 0.1) is 19.8 Å². The number of hydrogen-bond acceptors (Lipinski definition) is 4. The van der Waals surface area contributed by atoms with Crippen LogP contribution in [-0.4, -0.2) is 36.5 Å². The van der Waals surface area contributed by atoms with Crippen LogP contribution in [0.2, 0.25) is 0 Å². The molecular weight excluding hydrogens is 344 g/mol. The maximum atomic E-state index is 12.5. The van der Waals surface area contributed by atoms with Crippen molar-refractivity contribution in [3.05, 3.63) is 29.3 Å². The van der Waals surface area contributed by atoms with E-state index < -0.39 is 18.0 Å². The minimum atomic E-state index is -0.844. The van der Waals surface area contributed by atoms with E-state index in [1.807, 2.05) is 32.0 Å². The zero-order chi connectivity index (χ0) is 19.6. The van der Waals surface area contributed by atoms with Gasteiger partial charge in [-0.3, -0.25) is 14.4 Å². The van der Waals surface area contributed by atoms with Gasteiger partial charge in [0.15, 0.2) is 6.10 Å². The van der Waals surface area contributed by atoms with E-state index in [1.54, 1.807) is 11.8 Å². The maximum Gasteiger partial charge on any atom is 0.312 e. The summed E-state index contributed by atoms with van der Waals surface area (Å²) in [5, 5.41) is 2.94. The second kappa shape index (κ2) is 8.11.